The van der Waals surface area contributed by atoms with E-state index in [4.69, 9.17) is 16.3 Å². The zero-order valence-electron chi connectivity index (χ0n) is 19.7. The molecule has 0 saturated heterocycles. The third-order valence-corrected chi connectivity index (χ3v) is 6.07. The zero-order valence-corrected chi connectivity index (χ0v) is 20.5. The van der Waals surface area contributed by atoms with E-state index in [1.807, 2.05) is 36.7 Å². The number of carbonyl (C=O) groups is 2. The number of rotatable bonds is 7. The number of hydrogen-bond donors (Lipinski definition) is 1. The summed E-state index contributed by atoms with van der Waals surface area (Å²) < 4.78 is 35.2. The molecule has 4 aromatic rings. The molecule has 0 aliphatic rings. The maximum Gasteiger partial charge on any atom is 0.415 e. The van der Waals surface area contributed by atoms with Crippen molar-refractivity contribution in [2.24, 2.45) is 0 Å². The summed E-state index contributed by atoms with van der Waals surface area (Å²) in [4.78, 5) is 27.1. The van der Waals surface area contributed by atoms with Crippen LogP contribution in [0.1, 0.15) is 29.8 Å². The number of benzene rings is 3. The van der Waals surface area contributed by atoms with Crippen LogP contribution < -0.4 is 10.1 Å². The molecule has 3 aromatic carbocycles. The number of hydrogen-bond acceptors (Lipinski definition) is 3. The highest BCUT2D eigenvalue weighted by atomic mass is 35.5. The zero-order chi connectivity index (χ0) is 25.8. The minimum absolute atomic E-state index is 0.111. The predicted octanol–water partition coefficient (Wildman–Crippen LogP) is 6.71. The third-order valence-electron chi connectivity index (χ3n) is 5.81. The second-order valence-electron chi connectivity index (χ2n) is 8.06. The highest BCUT2D eigenvalue weighted by Crippen LogP contribution is 2.35. The highest BCUT2D eigenvalue weighted by molar-refractivity contribution is 6.30. The fourth-order valence-corrected chi connectivity index (χ4v) is 4.01. The van der Waals surface area contributed by atoms with Crippen molar-refractivity contribution < 1.29 is 23.1 Å². The number of fused-ring (bicyclic) bond motifs is 1. The Labute approximate surface area is 212 Å². The van der Waals surface area contributed by atoms with Crippen LogP contribution in [0, 0.1) is 11.6 Å². The van der Waals surface area contributed by atoms with Gasteiger partial charge >= 0.3 is 6.09 Å². The van der Waals surface area contributed by atoms with E-state index in [1.54, 1.807) is 30.3 Å². The van der Waals surface area contributed by atoms with E-state index >= 15 is 0 Å². The SMILES string of the molecule is CCN(CC)C(=O)Oc1ccc2c(ccn2Cc2ccc(Cl)cc2)c1NC(=O)c1ccc(F)cc1F. The van der Waals surface area contributed by atoms with E-state index < -0.39 is 23.6 Å². The first kappa shape index (κ1) is 25.2. The van der Waals surface area contributed by atoms with Gasteiger partial charge in [0.05, 0.1) is 16.8 Å². The van der Waals surface area contributed by atoms with Crippen molar-refractivity contribution in [1.82, 2.24) is 9.47 Å². The summed E-state index contributed by atoms with van der Waals surface area (Å²) >= 11 is 5.99. The topological polar surface area (TPSA) is 63.6 Å². The second-order valence-corrected chi connectivity index (χ2v) is 8.50. The van der Waals surface area contributed by atoms with E-state index in [2.05, 4.69) is 5.32 Å². The summed E-state index contributed by atoms with van der Waals surface area (Å²) in [7, 11) is 0. The predicted molar refractivity (Wildman–Crippen MR) is 136 cm³/mol. The minimum atomic E-state index is -0.998. The Morgan fingerprint density at radius 2 is 1.72 bits per heavy atom. The summed E-state index contributed by atoms with van der Waals surface area (Å²) in [6.45, 7) is 5.06. The molecule has 0 aliphatic carbocycles. The lowest BCUT2D eigenvalue weighted by Crippen LogP contribution is -2.33. The molecule has 0 radical (unpaired) electrons. The van der Waals surface area contributed by atoms with Gasteiger partial charge in [-0.05, 0) is 61.9 Å². The first-order valence-electron chi connectivity index (χ1n) is 11.4. The Hall–Kier alpha value is -3.91. The van der Waals surface area contributed by atoms with Crippen LogP contribution in [0.15, 0.2) is 66.9 Å². The van der Waals surface area contributed by atoms with E-state index in [9.17, 15) is 18.4 Å². The number of nitrogens with zero attached hydrogens (tertiary/aromatic N) is 2. The number of aromatic nitrogens is 1. The van der Waals surface area contributed by atoms with Gasteiger partial charge in [-0.2, -0.15) is 0 Å². The van der Waals surface area contributed by atoms with Gasteiger partial charge in [-0.15, -0.1) is 0 Å². The average molecular weight is 512 g/mol. The first-order valence-corrected chi connectivity index (χ1v) is 11.8. The van der Waals surface area contributed by atoms with Crippen LogP contribution in [0.3, 0.4) is 0 Å². The van der Waals surface area contributed by atoms with Crippen LogP contribution in [0.5, 0.6) is 5.75 Å². The number of amides is 2. The van der Waals surface area contributed by atoms with Crippen LogP contribution in [-0.2, 0) is 6.54 Å². The summed E-state index contributed by atoms with van der Waals surface area (Å²) in [5.41, 5.74) is 1.63. The van der Waals surface area contributed by atoms with Crippen molar-refractivity contribution >= 4 is 40.2 Å². The summed E-state index contributed by atoms with van der Waals surface area (Å²) in [6.07, 6.45) is 1.26. The summed E-state index contributed by atoms with van der Waals surface area (Å²) in [5, 5.41) is 3.89. The first-order chi connectivity index (χ1) is 17.3. The lowest BCUT2D eigenvalue weighted by molar-refractivity contribution is 0.102. The van der Waals surface area contributed by atoms with Gasteiger partial charge in [0.2, 0.25) is 0 Å². The van der Waals surface area contributed by atoms with Crippen LogP contribution in [0.25, 0.3) is 10.9 Å². The maximum atomic E-state index is 14.3. The fourth-order valence-electron chi connectivity index (χ4n) is 3.89. The van der Waals surface area contributed by atoms with Gasteiger partial charge in [-0.1, -0.05) is 23.7 Å². The molecule has 4 rings (SSSR count). The maximum absolute atomic E-state index is 14.3. The van der Waals surface area contributed by atoms with Gasteiger partial charge in [0.25, 0.3) is 5.91 Å². The molecule has 0 saturated carbocycles. The Bertz CT molecular complexity index is 1420. The van der Waals surface area contributed by atoms with Crippen LogP contribution >= 0.6 is 11.6 Å². The van der Waals surface area contributed by atoms with Gasteiger partial charge in [0.1, 0.15) is 11.6 Å². The number of ether oxygens (including phenoxy) is 1. The van der Waals surface area contributed by atoms with Crippen LogP contribution in [0.4, 0.5) is 19.3 Å². The van der Waals surface area contributed by atoms with Gasteiger partial charge in [-0.3, -0.25) is 4.79 Å². The summed E-state index contributed by atoms with van der Waals surface area (Å²) in [5.74, 6) is -2.48. The minimum Gasteiger partial charge on any atom is -0.408 e. The molecule has 1 aromatic heterocycles. The van der Waals surface area contributed by atoms with E-state index in [1.165, 1.54) is 4.90 Å². The van der Waals surface area contributed by atoms with E-state index in [0.29, 0.717) is 36.1 Å². The molecule has 0 spiro atoms. The normalized spacial score (nSPS) is 10.9. The Balaban J connectivity index is 1.74. The number of nitrogens with one attached hydrogen (secondary N) is 1. The number of carbonyl (C=O) groups excluding carboxylic acids is 2. The number of halogens is 3. The molecule has 6 nitrogen and oxygen atoms in total. The number of anilines is 1. The molecular formula is C27H24ClF2N3O3. The second kappa shape index (κ2) is 10.8. The summed E-state index contributed by atoms with van der Waals surface area (Å²) in [6, 6.07) is 15.3. The van der Waals surface area contributed by atoms with Crippen molar-refractivity contribution in [2.75, 3.05) is 18.4 Å². The molecule has 0 fully saturated rings. The Kier molecular flexibility index (Phi) is 7.55. The molecule has 2 amide bonds. The molecule has 0 aliphatic heterocycles. The lowest BCUT2D eigenvalue weighted by atomic mass is 10.1. The Morgan fingerprint density at radius 3 is 2.39 bits per heavy atom. The van der Waals surface area contributed by atoms with Crippen LogP contribution in [0.2, 0.25) is 5.02 Å². The highest BCUT2D eigenvalue weighted by Gasteiger charge is 2.21. The van der Waals surface area contributed by atoms with Gasteiger partial charge in [0, 0.05) is 42.3 Å². The van der Waals surface area contributed by atoms with Crippen molar-refractivity contribution in [1.29, 1.82) is 0 Å². The largest absolute Gasteiger partial charge is 0.415 e. The van der Waals surface area contributed by atoms with E-state index in [-0.39, 0.29) is 17.0 Å². The molecular weight excluding hydrogens is 488 g/mol. The molecule has 1 N–H and O–H groups in total. The molecule has 9 heteroatoms. The van der Waals surface area contributed by atoms with Gasteiger partial charge in [0.15, 0.2) is 5.75 Å². The molecule has 0 atom stereocenters. The standard InChI is InChI=1S/C27H24ClF2N3O3/c1-3-32(4-2)27(35)36-24-12-11-23-21(13-14-33(23)16-17-5-7-18(28)8-6-17)25(24)31-26(34)20-10-9-19(29)15-22(20)30/h5-15H,3-4,16H2,1-2H3,(H,31,34). The smallest absolute Gasteiger partial charge is 0.408 e. The van der Waals surface area contributed by atoms with Crippen molar-refractivity contribution in [2.45, 2.75) is 20.4 Å². The quantitative estimate of drug-likeness (QED) is 0.300. The third kappa shape index (κ3) is 5.33. The van der Waals surface area contributed by atoms with Gasteiger partial charge < -0.3 is 19.5 Å². The molecule has 0 bridgehead atoms. The van der Waals surface area contributed by atoms with Crippen molar-refractivity contribution in [3.8, 4) is 5.75 Å². The fraction of sp³-hybridized carbons (Fsp3) is 0.185. The molecule has 186 valence electrons. The molecule has 36 heavy (non-hydrogen) atoms. The van der Waals surface area contributed by atoms with Gasteiger partial charge in [-0.25, -0.2) is 13.6 Å². The van der Waals surface area contributed by atoms with E-state index in [0.717, 1.165) is 23.2 Å². The average Bonchev–Trinajstić information content (AvgIpc) is 3.25. The van der Waals surface area contributed by atoms with Crippen molar-refractivity contribution in [3.05, 3.63) is 94.6 Å². The molecule has 1 heterocycles. The monoisotopic (exact) mass is 511 g/mol. The van der Waals surface area contributed by atoms with Crippen LogP contribution in [-0.4, -0.2) is 34.6 Å². The molecule has 0 unspecified atom stereocenters. The Morgan fingerprint density at radius 1 is 1.00 bits per heavy atom. The lowest BCUT2D eigenvalue weighted by Gasteiger charge is -2.20. The van der Waals surface area contributed by atoms with Crippen molar-refractivity contribution in [3.63, 3.8) is 0 Å².